The van der Waals surface area contributed by atoms with Crippen LogP contribution >= 0.6 is 32.9 Å². The maximum Gasteiger partial charge on any atom is 0.137 e. The average molecular weight is 354 g/mol. The van der Waals surface area contributed by atoms with Gasteiger partial charge in [0.05, 0.1) is 5.69 Å². The van der Waals surface area contributed by atoms with Crippen molar-refractivity contribution in [3.8, 4) is 11.3 Å². The van der Waals surface area contributed by atoms with Gasteiger partial charge in [0.1, 0.15) is 5.65 Å². The molecule has 0 spiro atoms. The molecule has 3 rings (SSSR count). The highest BCUT2D eigenvalue weighted by Crippen LogP contribution is 2.21. The number of aromatic nitrogens is 2. The zero-order chi connectivity index (χ0) is 11.0. The van der Waals surface area contributed by atoms with Crippen LogP contribution in [0.5, 0.6) is 0 Å². The van der Waals surface area contributed by atoms with Crippen molar-refractivity contribution in [3.05, 3.63) is 59.3 Å². The summed E-state index contributed by atoms with van der Waals surface area (Å²) < 4.78 is 3.11. The van der Waals surface area contributed by atoms with E-state index in [1.807, 2.05) is 47.1 Å². The Morgan fingerprint density at radius 3 is 2.47 bits per heavy atom. The van der Waals surface area contributed by atoms with Gasteiger partial charge in [0.25, 0.3) is 0 Å². The highest BCUT2D eigenvalue weighted by molar-refractivity contribution is 9.10. The van der Waals surface area contributed by atoms with Gasteiger partial charge in [-0.2, -0.15) is 0 Å². The Morgan fingerprint density at radius 1 is 1.00 bits per heavy atom. The third-order valence-corrected chi connectivity index (χ3v) is 3.03. The maximum absolute atomic E-state index is 4.56. The number of hydrogen-bond acceptors (Lipinski definition) is 1. The van der Waals surface area contributed by atoms with Gasteiger partial charge >= 0.3 is 0 Å². The first kappa shape index (κ1) is 12.3. The summed E-state index contributed by atoms with van der Waals surface area (Å²) in [5.74, 6) is 0. The van der Waals surface area contributed by atoms with Crippen molar-refractivity contribution in [2.75, 3.05) is 0 Å². The van der Waals surface area contributed by atoms with Gasteiger partial charge in [-0.15, -0.1) is 17.0 Å². The molecule has 0 aliphatic rings. The number of halogens is 2. The molecule has 0 unspecified atom stereocenters. The van der Waals surface area contributed by atoms with Crippen molar-refractivity contribution >= 4 is 38.6 Å². The Balaban J connectivity index is 0.00000108. The van der Waals surface area contributed by atoms with Crippen LogP contribution in [-0.2, 0) is 0 Å². The number of rotatable bonds is 1. The minimum Gasteiger partial charge on any atom is -0.306 e. The van der Waals surface area contributed by atoms with Gasteiger partial charge in [-0.25, -0.2) is 4.98 Å². The Kier molecular flexibility index (Phi) is 3.64. The van der Waals surface area contributed by atoms with Crippen molar-refractivity contribution in [2.45, 2.75) is 0 Å². The summed E-state index contributed by atoms with van der Waals surface area (Å²) >= 11 is 3.43. The monoisotopic (exact) mass is 352 g/mol. The summed E-state index contributed by atoms with van der Waals surface area (Å²) in [6.07, 6.45) is 4.04. The number of pyridine rings is 1. The second-order valence-electron chi connectivity index (χ2n) is 3.60. The van der Waals surface area contributed by atoms with Crippen molar-refractivity contribution in [3.63, 3.8) is 0 Å². The van der Waals surface area contributed by atoms with E-state index >= 15 is 0 Å². The second-order valence-corrected chi connectivity index (χ2v) is 4.51. The van der Waals surface area contributed by atoms with Crippen LogP contribution in [0, 0.1) is 0 Å². The quantitative estimate of drug-likeness (QED) is 0.636. The van der Waals surface area contributed by atoms with Crippen molar-refractivity contribution < 1.29 is 0 Å². The fraction of sp³-hybridized carbons (Fsp3) is 0. The van der Waals surface area contributed by atoms with Gasteiger partial charge in [-0.1, -0.05) is 34.1 Å². The molecule has 0 N–H and O–H groups in total. The van der Waals surface area contributed by atoms with Crippen LogP contribution in [0.1, 0.15) is 0 Å². The van der Waals surface area contributed by atoms with E-state index in [-0.39, 0.29) is 17.0 Å². The van der Waals surface area contributed by atoms with Gasteiger partial charge in [0.15, 0.2) is 0 Å². The van der Waals surface area contributed by atoms with Gasteiger partial charge in [0.2, 0.25) is 0 Å². The number of imidazole rings is 1. The van der Waals surface area contributed by atoms with Gasteiger partial charge in [0, 0.05) is 22.4 Å². The lowest BCUT2D eigenvalue weighted by molar-refractivity contribution is 1.19. The lowest BCUT2D eigenvalue weighted by atomic mass is 10.2. The van der Waals surface area contributed by atoms with Crippen LogP contribution in [0.4, 0.5) is 0 Å². The van der Waals surface area contributed by atoms with Crippen LogP contribution in [-0.4, -0.2) is 9.38 Å². The number of fused-ring (bicyclic) bond motifs is 1. The Hall–Kier alpha value is -1.13. The summed E-state index contributed by atoms with van der Waals surface area (Å²) in [5.41, 5.74) is 3.10. The van der Waals surface area contributed by atoms with Crippen LogP contribution < -0.4 is 0 Å². The molecule has 0 bridgehead atoms. The number of benzene rings is 1. The molecule has 0 fully saturated rings. The first-order valence-corrected chi connectivity index (χ1v) is 5.82. The standard InChI is InChI=1S/C13H9BrN2.BrH/c14-11-6-4-10(5-7-11)12-9-16-8-2-1-3-13(16)15-12;/h1-9H;1H. The van der Waals surface area contributed by atoms with Crippen LogP contribution in [0.2, 0.25) is 0 Å². The predicted octanol–water partition coefficient (Wildman–Crippen LogP) is 4.34. The molecule has 0 aliphatic carbocycles. The van der Waals surface area contributed by atoms with E-state index in [0.29, 0.717) is 0 Å². The molecule has 2 heterocycles. The average Bonchev–Trinajstić information content (AvgIpc) is 2.73. The van der Waals surface area contributed by atoms with E-state index in [1.54, 1.807) is 0 Å². The van der Waals surface area contributed by atoms with E-state index < -0.39 is 0 Å². The smallest absolute Gasteiger partial charge is 0.137 e. The summed E-state index contributed by atoms with van der Waals surface area (Å²) in [7, 11) is 0. The van der Waals surface area contributed by atoms with Gasteiger partial charge < -0.3 is 4.40 Å². The summed E-state index contributed by atoms with van der Waals surface area (Å²) in [5, 5.41) is 0. The topological polar surface area (TPSA) is 17.3 Å². The van der Waals surface area contributed by atoms with Crippen molar-refractivity contribution in [2.24, 2.45) is 0 Å². The molecule has 0 aliphatic heterocycles. The molecule has 0 amide bonds. The molecule has 2 nitrogen and oxygen atoms in total. The third kappa shape index (κ3) is 2.42. The highest BCUT2D eigenvalue weighted by atomic mass is 79.9. The normalized spacial score (nSPS) is 10.2. The maximum atomic E-state index is 4.56. The summed E-state index contributed by atoms with van der Waals surface area (Å²) in [6, 6.07) is 14.2. The Labute approximate surface area is 118 Å². The molecule has 0 radical (unpaired) electrons. The van der Waals surface area contributed by atoms with Gasteiger partial charge in [-0.3, -0.25) is 0 Å². The molecular formula is C13H10Br2N2. The first-order valence-electron chi connectivity index (χ1n) is 5.02. The van der Waals surface area contributed by atoms with Crippen molar-refractivity contribution in [1.29, 1.82) is 0 Å². The highest BCUT2D eigenvalue weighted by Gasteiger charge is 2.02. The fourth-order valence-electron chi connectivity index (χ4n) is 1.69. The first-order chi connectivity index (χ1) is 7.83. The molecule has 3 aromatic rings. The molecule has 4 heteroatoms. The number of nitrogens with zero attached hydrogens (tertiary/aromatic N) is 2. The molecule has 17 heavy (non-hydrogen) atoms. The van der Waals surface area contributed by atoms with E-state index in [2.05, 4.69) is 33.0 Å². The summed E-state index contributed by atoms with van der Waals surface area (Å²) in [6.45, 7) is 0. The van der Waals surface area contributed by atoms with E-state index in [0.717, 1.165) is 21.4 Å². The zero-order valence-electron chi connectivity index (χ0n) is 8.88. The van der Waals surface area contributed by atoms with Crippen LogP contribution in [0.3, 0.4) is 0 Å². The molecule has 0 atom stereocenters. The predicted molar refractivity (Wildman–Crippen MR) is 78.7 cm³/mol. The third-order valence-electron chi connectivity index (χ3n) is 2.50. The second kappa shape index (κ2) is 5.02. The minimum absolute atomic E-state index is 0. The van der Waals surface area contributed by atoms with Crippen molar-refractivity contribution in [1.82, 2.24) is 9.38 Å². The molecule has 0 saturated carbocycles. The summed E-state index contributed by atoms with van der Waals surface area (Å²) in [4.78, 5) is 4.56. The molecular weight excluding hydrogens is 344 g/mol. The zero-order valence-corrected chi connectivity index (χ0v) is 12.2. The largest absolute Gasteiger partial charge is 0.306 e. The molecule has 0 saturated heterocycles. The molecule has 1 aromatic carbocycles. The minimum atomic E-state index is 0. The lowest BCUT2D eigenvalue weighted by Gasteiger charge is -1.95. The molecule has 2 aromatic heterocycles. The van der Waals surface area contributed by atoms with E-state index in [1.165, 1.54) is 0 Å². The fourth-order valence-corrected chi connectivity index (χ4v) is 1.96. The Morgan fingerprint density at radius 2 is 1.76 bits per heavy atom. The molecule has 86 valence electrons. The van der Waals surface area contributed by atoms with Crippen LogP contribution in [0.25, 0.3) is 16.9 Å². The SMILES string of the molecule is Br.Brc1ccc(-c2cn3ccccc3n2)cc1. The number of hydrogen-bond donors (Lipinski definition) is 0. The van der Waals surface area contributed by atoms with E-state index in [4.69, 9.17) is 0 Å². The van der Waals surface area contributed by atoms with E-state index in [9.17, 15) is 0 Å². The van der Waals surface area contributed by atoms with Gasteiger partial charge in [-0.05, 0) is 24.3 Å². The van der Waals surface area contributed by atoms with Crippen LogP contribution in [0.15, 0.2) is 59.3 Å². The lowest BCUT2D eigenvalue weighted by Crippen LogP contribution is -1.77. The Bertz CT molecular complexity index is 596.